The second-order valence-corrected chi connectivity index (χ2v) is 7.15. The van der Waals surface area contributed by atoms with Gasteiger partial charge >= 0.3 is 0 Å². The van der Waals surface area contributed by atoms with Crippen LogP contribution < -0.4 is 5.73 Å². The number of nitrogens with zero attached hydrogens (tertiary/aromatic N) is 8. The SMILES string of the molecule is CCC(CC)Cn1cc(-c2cnc(N)c(-c3nnnn3-c3cccc(F)c3F)c2)nn1. The van der Waals surface area contributed by atoms with Gasteiger partial charge in [-0.3, -0.25) is 4.68 Å². The molecule has 0 aliphatic heterocycles. The van der Waals surface area contributed by atoms with Crippen molar-refractivity contribution >= 4 is 5.82 Å². The highest BCUT2D eigenvalue weighted by Gasteiger charge is 2.20. The molecule has 31 heavy (non-hydrogen) atoms. The third kappa shape index (κ3) is 3.98. The molecule has 0 amide bonds. The fourth-order valence-electron chi connectivity index (χ4n) is 3.30. The summed E-state index contributed by atoms with van der Waals surface area (Å²) >= 11 is 0. The number of nitrogens with two attached hydrogens (primary N) is 1. The summed E-state index contributed by atoms with van der Waals surface area (Å²) in [5, 5.41) is 19.8. The number of hydrogen-bond acceptors (Lipinski definition) is 7. The number of benzene rings is 1. The van der Waals surface area contributed by atoms with Crippen LogP contribution in [0.1, 0.15) is 26.7 Å². The van der Waals surface area contributed by atoms with Gasteiger partial charge in [0.05, 0.1) is 11.8 Å². The number of tetrazole rings is 1. The van der Waals surface area contributed by atoms with Crippen LogP contribution in [0.5, 0.6) is 0 Å². The monoisotopic (exact) mass is 425 g/mol. The zero-order valence-corrected chi connectivity index (χ0v) is 17.1. The molecule has 9 nitrogen and oxygen atoms in total. The average molecular weight is 425 g/mol. The molecule has 0 unspecified atom stereocenters. The summed E-state index contributed by atoms with van der Waals surface area (Å²) < 4.78 is 30.9. The van der Waals surface area contributed by atoms with Crippen LogP contribution in [-0.4, -0.2) is 40.2 Å². The van der Waals surface area contributed by atoms with Gasteiger partial charge in [-0.1, -0.05) is 38.0 Å². The van der Waals surface area contributed by atoms with Gasteiger partial charge < -0.3 is 5.73 Å². The number of halogens is 2. The van der Waals surface area contributed by atoms with E-state index in [1.54, 1.807) is 16.9 Å². The van der Waals surface area contributed by atoms with Crippen LogP contribution >= 0.6 is 0 Å². The van der Waals surface area contributed by atoms with Gasteiger partial charge in [0.2, 0.25) is 0 Å². The molecule has 1 aromatic carbocycles. The number of aromatic nitrogens is 8. The van der Waals surface area contributed by atoms with Gasteiger partial charge in [-0.25, -0.2) is 13.8 Å². The molecule has 0 aliphatic rings. The lowest BCUT2D eigenvalue weighted by Gasteiger charge is -2.10. The van der Waals surface area contributed by atoms with Gasteiger partial charge in [0.1, 0.15) is 17.2 Å². The minimum Gasteiger partial charge on any atom is -0.383 e. The minimum atomic E-state index is -1.07. The first kappa shape index (κ1) is 20.5. The van der Waals surface area contributed by atoms with E-state index in [9.17, 15) is 8.78 Å². The van der Waals surface area contributed by atoms with E-state index in [0.717, 1.165) is 30.1 Å². The van der Waals surface area contributed by atoms with Crippen molar-refractivity contribution in [3.63, 3.8) is 0 Å². The normalized spacial score (nSPS) is 11.4. The van der Waals surface area contributed by atoms with E-state index < -0.39 is 11.6 Å². The van der Waals surface area contributed by atoms with Crippen LogP contribution in [0.3, 0.4) is 0 Å². The standard InChI is InChI=1S/C20H21F2N9/c1-3-12(4-2)10-30-11-16(25-28-30)13-8-14(19(23)24-9-13)20-26-27-29-31(20)17-7-5-6-15(21)18(17)22/h5-9,11-12H,3-4,10H2,1-2H3,(H2,23,24). The quantitative estimate of drug-likeness (QED) is 0.483. The van der Waals surface area contributed by atoms with Gasteiger partial charge in [0.15, 0.2) is 17.5 Å². The predicted octanol–water partition coefficient (Wildman–Crippen LogP) is 3.28. The summed E-state index contributed by atoms with van der Waals surface area (Å²) in [5.41, 5.74) is 7.53. The maximum Gasteiger partial charge on any atom is 0.190 e. The first-order valence-electron chi connectivity index (χ1n) is 9.90. The maximum atomic E-state index is 14.3. The van der Waals surface area contributed by atoms with E-state index in [4.69, 9.17) is 5.73 Å². The molecule has 4 rings (SSSR count). The Morgan fingerprint density at radius 1 is 1.10 bits per heavy atom. The Labute approximate surface area is 176 Å². The van der Waals surface area contributed by atoms with Crippen molar-refractivity contribution in [1.82, 2.24) is 40.2 Å². The molecule has 0 spiro atoms. The van der Waals surface area contributed by atoms with Gasteiger partial charge in [-0.05, 0) is 34.5 Å². The first-order chi connectivity index (χ1) is 15.0. The van der Waals surface area contributed by atoms with Gasteiger partial charge in [0, 0.05) is 18.3 Å². The highest BCUT2D eigenvalue weighted by molar-refractivity contribution is 5.75. The lowest BCUT2D eigenvalue weighted by Crippen LogP contribution is -2.09. The molecule has 0 atom stereocenters. The molecule has 3 heterocycles. The number of anilines is 1. The summed E-state index contributed by atoms with van der Waals surface area (Å²) in [5.74, 6) is -1.29. The number of rotatable bonds is 7. The largest absolute Gasteiger partial charge is 0.383 e. The Kier molecular flexibility index (Phi) is 5.65. The third-order valence-corrected chi connectivity index (χ3v) is 5.22. The van der Waals surface area contributed by atoms with Crippen LogP contribution in [0, 0.1) is 17.6 Å². The van der Waals surface area contributed by atoms with E-state index in [0.29, 0.717) is 22.7 Å². The number of nitrogen functional groups attached to an aromatic ring is 1. The second-order valence-electron chi connectivity index (χ2n) is 7.15. The summed E-state index contributed by atoms with van der Waals surface area (Å²) in [6, 6.07) is 5.46. The Balaban J connectivity index is 1.72. The van der Waals surface area contributed by atoms with Crippen LogP contribution in [0.15, 0.2) is 36.7 Å². The smallest absolute Gasteiger partial charge is 0.190 e. The van der Waals surface area contributed by atoms with Crippen LogP contribution in [-0.2, 0) is 6.54 Å². The molecular formula is C20H21F2N9. The highest BCUT2D eigenvalue weighted by atomic mass is 19.2. The van der Waals surface area contributed by atoms with Crippen LogP contribution in [0.25, 0.3) is 28.3 Å². The topological polar surface area (TPSA) is 113 Å². The lowest BCUT2D eigenvalue weighted by molar-refractivity contribution is 0.390. The van der Waals surface area contributed by atoms with E-state index in [2.05, 4.69) is 44.7 Å². The summed E-state index contributed by atoms with van der Waals surface area (Å²) in [7, 11) is 0. The lowest BCUT2D eigenvalue weighted by atomic mass is 10.0. The van der Waals surface area contributed by atoms with E-state index in [1.165, 1.54) is 12.1 Å². The molecule has 0 saturated heterocycles. The second kappa shape index (κ2) is 8.54. The zero-order valence-electron chi connectivity index (χ0n) is 17.1. The van der Waals surface area contributed by atoms with Crippen molar-refractivity contribution in [3.8, 4) is 28.3 Å². The van der Waals surface area contributed by atoms with Gasteiger partial charge in [-0.15, -0.1) is 10.2 Å². The molecule has 0 aliphatic carbocycles. The Morgan fingerprint density at radius 3 is 2.68 bits per heavy atom. The van der Waals surface area contributed by atoms with Crippen molar-refractivity contribution in [2.75, 3.05) is 5.73 Å². The maximum absolute atomic E-state index is 14.3. The van der Waals surface area contributed by atoms with Crippen molar-refractivity contribution in [2.24, 2.45) is 5.92 Å². The molecule has 0 fully saturated rings. The molecular weight excluding hydrogens is 404 g/mol. The average Bonchev–Trinajstić information content (AvgIpc) is 3.44. The fraction of sp³-hybridized carbons (Fsp3) is 0.300. The molecule has 0 radical (unpaired) electrons. The third-order valence-electron chi connectivity index (χ3n) is 5.22. The molecule has 160 valence electrons. The van der Waals surface area contributed by atoms with Gasteiger partial charge in [0.25, 0.3) is 0 Å². The highest BCUT2D eigenvalue weighted by Crippen LogP contribution is 2.29. The van der Waals surface area contributed by atoms with Gasteiger partial charge in [-0.2, -0.15) is 4.68 Å². The van der Waals surface area contributed by atoms with E-state index in [-0.39, 0.29) is 17.3 Å². The van der Waals surface area contributed by atoms with Crippen molar-refractivity contribution < 1.29 is 8.78 Å². The predicted molar refractivity (Wildman–Crippen MR) is 110 cm³/mol. The summed E-state index contributed by atoms with van der Waals surface area (Å²) in [6.07, 6.45) is 5.52. The molecule has 11 heteroatoms. The minimum absolute atomic E-state index is 0.126. The van der Waals surface area contributed by atoms with Crippen molar-refractivity contribution in [3.05, 3.63) is 48.3 Å². The Bertz CT molecular complexity index is 1200. The van der Waals surface area contributed by atoms with Crippen molar-refractivity contribution in [1.29, 1.82) is 0 Å². The first-order valence-corrected chi connectivity index (χ1v) is 9.90. The Morgan fingerprint density at radius 2 is 1.90 bits per heavy atom. The molecule has 0 saturated carbocycles. The van der Waals surface area contributed by atoms with E-state index in [1.807, 2.05) is 6.20 Å². The molecule has 0 bridgehead atoms. The molecule has 2 N–H and O–H groups in total. The Hall–Kier alpha value is -3.76. The number of pyridine rings is 1. The number of hydrogen-bond donors (Lipinski definition) is 1. The van der Waals surface area contributed by atoms with Crippen molar-refractivity contribution in [2.45, 2.75) is 33.2 Å². The molecule has 4 aromatic rings. The molecule has 3 aromatic heterocycles. The van der Waals surface area contributed by atoms with Crippen LogP contribution in [0.4, 0.5) is 14.6 Å². The fourth-order valence-corrected chi connectivity index (χ4v) is 3.30. The summed E-state index contributed by atoms with van der Waals surface area (Å²) in [4.78, 5) is 4.21. The zero-order chi connectivity index (χ0) is 22.0. The summed E-state index contributed by atoms with van der Waals surface area (Å²) in [6.45, 7) is 5.06. The van der Waals surface area contributed by atoms with Crippen LogP contribution in [0.2, 0.25) is 0 Å². The van der Waals surface area contributed by atoms with E-state index >= 15 is 0 Å².